The van der Waals surface area contributed by atoms with E-state index in [1.807, 2.05) is 0 Å². The van der Waals surface area contributed by atoms with Gasteiger partial charge in [0.15, 0.2) is 0 Å². The van der Waals surface area contributed by atoms with E-state index in [4.69, 9.17) is 5.53 Å². The van der Waals surface area contributed by atoms with Crippen molar-refractivity contribution in [3.05, 3.63) is 30.3 Å². The Balaban J connectivity index is 0.000000640. The summed E-state index contributed by atoms with van der Waals surface area (Å²) in [6, 6.07) is 9.97. The summed E-state index contributed by atoms with van der Waals surface area (Å²) < 4.78 is 0. The van der Waals surface area contributed by atoms with Gasteiger partial charge >= 0.3 is 0 Å². The number of nitrogens with zero attached hydrogens (tertiary/aromatic N) is 1. The van der Waals surface area contributed by atoms with Gasteiger partial charge in [0.2, 0.25) is 0 Å². The smallest absolute Gasteiger partial charge is 0.0219 e. The molecule has 1 rings (SSSR count). The van der Waals surface area contributed by atoms with Crippen LogP contribution in [-0.2, 0) is 32.7 Å². The normalized spacial score (nSPS) is 7.56. The monoisotopic (exact) mass is 195 g/mol. The molecule has 0 bridgehead atoms. The molecule has 0 saturated carbocycles. The first-order valence-corrected chi connectivity index (χ1v) is 2.30. The van der Waals surface area contributed by atoms with Gasteiger partial charge in [-0.05, 0) is 5.11 Å². The summed E-state index contributed by atoms with van der Waals surface area (Å²) in [6.07, 6.45) is 0. The van der Waals surface area contributed by atoms with E-state index in [0.29, 0.717) is 0 Å². The molecule has 0 unspecified atom stereocenters. The first kappa shape index (κ1) is 8.92. The van der Waals surface area contributed by atoms with Crippen molar-refractivity contribution in [3.63, 3.8) is 0 Å². The Morgan fingerprint density at radius 2 is 1.89 bits per heavy atom. The van der Waals surface area contributed by atoms with Crippen LogP contribution in [0.15, 0.2) is 29.4 Å². The summed E-state index contributed by atoms with van der Waals surface area (Å²) in [4.78, 5) is 0. The molecule has 0 aliphatic heterocycles. The van der Waals surface area contributed by atoms with Gasteiger partial charge in [-0.25, -0.2) is 0 Å². The predicted molar refractivity (Wildman–Crippen MR) is 29.3 cm³/mol. The summed E-state index contributed by atoms with van der Waals surface area (Å²) in [5.74, 6) is 0. The molecule has 0 aliphatic rings. The summed E-state index contributed by atoms with van der Waals surface area (Å²) in [5.41, 5.74) is 5.74. The molecule has 1 radical (unpaired) electrons. The van der Waals surface area contributed by atoms with Crippen LogP contribution in [0.3, 0.4) is 0 Å². The van der Waals surface area contributed by atoms with Gasteiger partial charge < -0.3 is 0 Å². The summed E-state index contributed by atoms with van der Waals surface area (Å²) in [7, 11) is 0. The first-order chi connectivity index (χ1) is 3.93. The zero-order chi connectivity index (χ0) is 5.82. The largest absolute Gasteiger partial charge is 0.184 e. The van der Waals surface area contributed by atoms with Crippen LogP contribution in [0.2, 0.25) is 0 Å². The van der Waals surface area contributed by atoms with E-state index in [-0.39, 0.29) is 32.7 Å². The fourth-order valence-electron chi connectivity index (χ4n) is 0.464. The summed E-state index contributed by atoms with van der Waals surface area (Å²) in [5, 5.41) is 3.45. The Kier molecular flexibility index (Phi) is 4.73. The number of rotatable bonds is 1. The molecule has 0 saturated heterocycles. The third-order valence-corrected chi connectivity index (χ3v) is 0.850. The van der Waals surface area contributed by atoms with E-state index in [0.717, 1.165) is 5.69 Å². The number of hydrogen-bond donors (Lipinski definition) is 1. The molecular formula is C6H6N2Y. The maximum absolute atomic E-state index is 4.96. The van der Waals surface area contributed by atoms with Gasteiger partial charge in [0, 0.05) is 38.4 Å². The van der Waals surface area contributed by atoms with E-state index in [9.17, 15) is 0 Å². The molecule has 0 aromatic heterocycles. The van der Waals surface area contributed by atoms with Crippen LogP contribution in [0.5, 0.6) is 0 Å². The van der Waals surface area contributed by atoms with Crippen molar-refractivity contribution < 1.29 is 38.2 Å². The maximum Gasteiger partial charge on any atom is 0.0219 e. The summed E-state index contributed by atoms with van der Waals surface area (Å²) in [6.45, 7) is 0. The van der Waals surface area contributed by atoms with Gasteiger partial charge in [0.05, 0.1) is 0 Å². The second kappa shape index (κ2) is 4.77. The molecule has 1 aromatic carbocycles. The molecule has 1 aromatic rings. The minimum Gasteiger partial charge on any atom is -0.184 e. The zero-order valence-corrected chi connectivity index (χ0v) is 7.75. The van der Waals surface area contributed by atoms with Crippen LogP contribution in [0, 0.1) is 6.07 Å². The topological polar surface area (TPSA) is 38.0 Å². The van der Waals surface area contributed by atoms with Crippen molar-refractivity contribution in [1.82, 2.24) is 0 Å². The van der Waals surface area contributed by atoms with Crippen molar-refractivity contribution in [2.24, 2.45) is 5.11 Å². The van der Waals surface area contributed by atoms with Crippen LogP contribution in [0.25, 0.3) is 0 Å². The molecule has 0 fully saturated rings. The van der Waals surface area contributed by atoms with Gasteiger partial charge in [-0.2, -0.15) is 23.7 Å². The average molecular weight is 195 g/mol. The van der Waals surface area contributed by atoms with Crippen molar-refractivity contribution >= 4 is 5.69 Å². The van der Waals surface area contributed by atoms with Crippen LogP contribution in [0.4, 0.5) is 5.69 Å². The fourth-order valence-corrected chi connectivity index (χ4v) is 0.464. The van der Waals surface area contributed by atoms with Gasteiger partial charge in [0.25, 0.3) is 0 Å². The van der Waals surface area contributed by atoms with Crippen molar-refractivity contribution in [2.75, 3.05) is 0 Å². The van der Waals surface area contributed by atoms with E-state index >= 15 is 0 Å². The SMILES string of the molecule is [NH2+]=Nc1cc[c-]cc1.[Y]. The van der Waals surface area contributed by atoms with E-state index in [1.165, 1.54) is 0 Å². The van der Waals surface area contributed by atoms with Crippen molar-refractivity contribution in [2.45, 2.75) is 0 Å². The molecule has 2 N–H and O–H groups in total. The quantitative estimate of drug-likeness (QED) is 0.495. The summed E-state index contributed by atoms with van der Waals surface area (Å²) >= 11 is 0. The minimum atomic E-state index is 0. The molecule has 9 heavy (non-hydrogen) atoms. The Labute approximate surface area is 79.1 Å². The molecular weight excluding hydrogens is 189 g/mol. The zero-order valence-electron chi connectivity index (χ0n) is 4.91. The molecule has 0 heterocycles. The van der Waals surface area contributed by atoms with Crippen LogP contribution < -0.4 is 5.53 Å². The maximum atomic E-state index is 4.96. The minimum absolute atomic E-state index is 0. The number of benzene rings is 1. The Hall–Kier alpha value is -0.0761. The standard InChI is InChI=1S/C6H5N2.Y/c7-8-6-4-2-1-3-5-6;/h2-5,7H;/q-1;/p+1. The van der Waals surface area contributed by atoms with E-state index in [2.05, 4.69) is 11.2 Å². The van der Waals surface area contributed by atoms with Gasteiger partial charge in [-0.15, -0.1) is 12.1 Å². The third kappa shape index (κ3) is 2.82. The molecule has 0 atom stereocenters. The molecule has 0 aliphatic carbocycles. The van der Waals surface area contributed by atoms with Crippen LogP contribution >= 0.6 is 0 Å². The molecule has 3 heteroatoms. The van der Waals surface area contributed by atoms with E-state index < -0.39 is 0 Å². The van der Waals surface area contributed by atoms with Gasteiger partial charge in [0.1, 0.15) is 0 Å². The van der Waals surface area contributed by atoms with Crippen LogP contribution in [-0.4, -0.2) is 0 Å². The van der Waals surface area contributed by atoms with Crippen LogP contribution in [0.1, 0.15) is 0 Å². The van der Waals surface area contributed by atoms with Gasteiger partial charge in [-0.3, -0.25) is 0 Å². The number of nitrogens with two attached hydrogens (primary N) is 1. The van der Waals surface area contributed by atoms with Crippen molar-refractivity contribution in [3.8, 4) is 0 Å². The molecule has 2 nitrogen and oxygen atoms in total. The first-order valence-electron chi connectivity index (χ1n) is 2.30. The number of hydrogen-bond acceptors (Lipinski definition) is 1. The second-order valence-electron chi connectivity index (χ2n) is 1.39. The molecule has 43 valence electrons. The Bertz CT molecular complexity index is 174. The molecule has 0 spiro atoms. The Morgan fingerprint density at radius 3 is 2.22 bits per heavy atom. The van der Waals surface area contributed by atoms with E-state index in [1.54, 1.807) is 24.3 Å². The fraction of sp³-hybridized carbons (Fsp3) is 0. The van der Waals surface area contributed by atoms with Crippen molar-refractivity contribution in [1.29, 1.82) is 0 Å². The molecule has 0 amide bonds. The average Bonchev–Trinajstić information content (AvgIpc) is 1.90. The predicted octanol–water partition coefficient (Wildman–Crippen LogP) is 0.327. The Morgan fingerprint density at radius 1 is 1.33 bits per heavy atom. The third-order valence-electron chi connectivity index (χ3n) is 0.850. The van der Waals surface area contributed by atoms with Gasteiger partial charge in [-0.1, -0.05) is 0 Å². The second-order valence-corrected chi connectivity index (χ2v) is 1.39.